The molecule has 0 radical (unpaired) electrons. The molecule has 0 fully saturated rings. The maximum absolute atomic E-state index is 13.1. The molecule has 2 aromatic heterocycles. The third-order valence-electron chi connectivity index (χ3n) is 5.52. The first-order valence-corrected chi connectivity index (χ1v) is 10.6. The number of anilines is 1. The second-order valence-corrected chi connectivity index (χ2v) is 7.68. The largest absolute Gasteiger partial charge is 0.321 e. The van der Waals surface area contributed by atoms with E-state index in [2.05, 4.69) is 38.8 Å². The van der Waals surface area contributed by atoms with Crippen LogP contribution in [0.1, 0.15) is 23.0 Å². The van der Waals surface area contributed by atoms with Gasteiger partial charge in [-0.3, -0.25) is 14.9 Å². The molecule has 0 aliphatic rings. The summed E-state index contributed by atoms with van der Waals surface area (Å²) in [6, 6.07) is 22.0. The van der Waals surface area contributed by atoms with Gasteiger partial charge in [-0.05, 0) is 47.3 Å². The van der Waals surface area contributed by atoms with Gasteiger partial charge in [-0.1, -0.05) is 49.4 Å². The zero-order chi connectivity index (χ0) is 21.9. The third-order valence-corrected chi connectivity index (χ3v) is 5.52. The fourth-order valence-corrected chi connectivity index (χ4v) is 3.92. The molecule has 6 heteroatoms. The average molecular weight is 422 g/mol. The van der Waals surface area contributed by atoms with Crippen molar-refractivity contribution in [2.75, 3.05) is 11.9 Å². The topological polar surface area (TPSA) is 82.7 Å². The number of pyridine rings is 1. The van der Waals surface area contributed by atoms with E-state index in [1.165, 1.54) is 0 Å². The van der Waals surface area contributed by atoms with E-state index in [9.17, 15) is 4.79 Å². The van der Waals surface area contributed by atoms with Gasteiger partial charge in [0.2, 0.25) is 0 Å². The first-order valence-electron chi connectivity index (χ1n) is 10.6. The van der Waals surface area contributed by atoms with Gasteiger partial charge in [0, 0.05) is 41.0 Å². The number of fused-ring (bicyclic) bond motifs is 2. The Bertz CT molecular complexity index is 1420. The highest BCUT2D eigenvalue weighted by atomic mass is 16.1. The summed E-state index contributed by atoms with van der Waals surface area (Å²) in [5.74, 6) is -0.245. The maximum atomic E-state index is 13.1. The quantitative estimate of drug-likeness (QED) is 0.355. The predicted octanol–water partition coefficient (Wildman–Crippen LogP) is 5.14. The molecule has 0 bridgehead atoms. The molecule has 0 aliphatic carbocycles. The van der Waals surface area contributed by atoms with Crippen molar-refractivity contribution < 1.29 is 4.79 Å². The van der Waals surface area contributed by atoms with Gasteiger partial charge in [-0.2, -0.15) is 5.10 Å². The lowest BCUT2D eigenvalue weighted by Crippen LogP contribution is -2.14. The van der Waals surface area contributed by atoms with Crippen LogP contribution in [0.2, 0.25) is 0 Å². The van der Waals surface area contributed by atoms with Gasteiger partial charge in [0.05, 0.1) is 5.52 Å². The minimum atomic E-state index is -0.245. The summed E-state index contributed by atoms with van der Waals surface area (Å²) < 4.78 is 0. The van der Waals surface area contributed by atoms with Gasteiger partial charge < -0.3 is 10.6 Å². The zero-order valence-electron chi connectivity index (χ0n) is 17.7. The molecule has 6 nitrogen and oxygen atoms in total. The molecule has 0 unspecified atom stereocenters. The van der Waals surface area contributed by atoms with E-state index >= 15 is 0 Å². The minimum Gasteiger partial charge on any atom is -0.321 e. The Kier molecular flexibility index (Phi) is 5.35. The van der Waals surface area contributed by atoms with E-state index in [1.807, 2.05) is 73.1 Å². The number of hydrogen-bond acceptors (Lipinski definition) is 4. The number of hydrogen-bond donors (Lipinski definition) is 3. The summed E-state index contributed by atoms with van der Waals surface area (Å²) in [5.41, 5.74) is 5.05. The number of aromatic nitrogens is 3. The standard InChI is InChI=1S/C26H23N5O/c1-2-27-14-17-6-5-8-20(12-17)29-26(32)25-22-13-18(10-11-24(22)30-31-25)23-16-28-15-19-7-3-4-9-21(19)23/h3-13,15-16,27H,2,14H2,1H3,(H,29,32)(H,30,31). The van der Waals surface area contributed by atoms with Crippen molar-refractivity contribution >= 4 is 33.3 Å². The third kappa shape index (κ3) is 3.84. The highest BCUT2D eigenvalue weighted by Crippen LogP contribution is 2.30. The van der Waals surface area contributed by atoms with Crippen LogP contribution in [0.3, 0.4) is 0 Å². The van der Waals surface area contributed by atoms with Gasteiger partial charge in [0.25, 0.3) is 5.91 Å². The molecule has 158 valence electrons. The second kappa shape index (κ2) is 8.61. The fourth-order valence-electron chi connectivity index (χ4n) is 3.92. The Hall–Kier alpha value is -4.03. The maximum Gasteiger partial charge on any atom is 0.276 e. The summed E-state index contributed by atoms with van der Waals surface area (Å²) in [5, 5.41) is 16.5. The van der Waals surface area contributed by atoms with Crippen molar-refractivity contribution in [3.05, 3.63) is 90.4 Å². The average Bonchev–Trinajstić information content (AvgIpc) is 3.26. The Labute approximate surface area is 185 Å². The first-order chi connectivity index (χ1) is 15.7. The molecule has 32 heavy (non-hydrogen) atoms. The number of nitrogens with zero attached hydrogens (tertiary/aromatic N) is 2. The highest BCUT2D eigenvalue weighted by molar-refractivity contribution is 6.12. The molecule has 3 N–H and O–H groups in total. The van der Waals surface area contributed by atoms with Crippen LogP contribution in [0, 0.1) is 0 Å². The smallest absolute Gasteiger partial charge is 0.276 e. The van der Waals surface area contributed by atoms with Crippen LogP contribution in [0.25, 0.3) is 32.8 Å². The van der Waals surface area contributed by atoms with Gasteiger partial charge in [0.1, 0.15) is 0 Å². The summed E-state index contributed by atoms with van der Waals surface area (Å²) in [4.78, 5) is 17.4. The van der Waals surface area contributed by atoms with Crippen molar-refractivity contribution in [2.45, 2.75) is 13.5 Å². The van der Waals surface area contributed by atoms with Crippen LogP contribution in [0.15, 0.2) is 79.1 Å². The van der Waals surface area contributed by atoms with Crippen LogP contribution in [-0.4, -0.2) is 27.6 Å². The Morgan fingerprint density at radius 3 is 2.78 bits per heavy atom. The number of H-pyrrole nitrogens is 1. The van der Waals surface area contributed by atoms with E-state index in [0.29, 0.717) is 5.69 Å². The molecule has 1 amide bonds. The molecule has 5 aromatic rings. The Morgan fingerprint density at radius 1 is 0.969 bits per heavy atom. The van der Waals surface area contributed by atoms with Crippen molar-refractivity contribution in [3.8, 4) is 11.1 Å². The summed E-state index contributed by atoms with van der Waals surface area (Å²) in [6.07, 6.45) is 3.72. The second-order valence-electron chi connectivity index (χ2n) is 7.68. The number of benzene rings is 3. The lowest BCUT2D eigenvalue weighted by atomic mass is 9.99. The van der Waals surface area contributed by atoms with Crippen LogP contribution in [-0.2, 0) is 6.54 Å². The minimum absolute atomic E-state index is 0.245. The highest BCUT2D eigenvalue weighted by Gasteiger charge is 2.16. The number of carbonyl (C=O) groups is 1. The molecular weight excluding hydrogens is 398 g/mol. The van der Waals surface area contributed by atoms with E-state index in [1.54, 1.807) is 0 Å². The molecule has 2 heterocycles. The number of rotatable bonds is 6. The van der Waals surface area contributed by atoms with Crippen LogP contribution in [0.5, 0.6) is 0 Å². The zero-order valence-corrected chi connectivity index (χ0v) is 17.7. The van der Waals surface area contributed by atoms with Crippen molar-refractivity contribution in [2.24, 2.45) is 0 Å². The van der Waals surface area contributed by atoms with Crippen molar-refractivity contribution in [1.29, 1.82) is 0 Å². The van der Waals surface area contributed by atoms with Gasteiger partial charge in [0.15, 0.2) is 5.69 Å². The molecule has 0 aliphatic heterocycles. The van der Waals surface area contributed by atoms with E-state index < -0.39 is 0 Å². The SMILES string of the molecule is CCNCc1cccc(NC(=O)c2n[nH]c3ccc(-c4cncc5ccccc45)cc23)c1. The van der Waals surface area contributed by atoms with E-state index in [-0.39, 0.29) is 5.91 Å². The molecule has 5 rings (SSSR count). The normalized spacial score (nSPS) is 11.2. The Balaban J connectivity index is 1.48. The lowest BCUT2D eigenvalue weighted by Gasteiger charge is -2.08. The summed E-state index contributed by atoms with van der Waals surface area (Å²) in [7, 11) is 0. The number of aromatic amines is 1. The van der Waals surface area contributed by atoms with Gasteiger partial charge >= 0.3 is 0 Å². The molecule has 3 aromatic carbocycles. The van der Waals surface area contributed by atoms with Gasteiger partial charge in [-0.15, -0.1) is 0 Å². The number of carbonyl (C=O) groups excluding carboxylic acids is 1. The molecule has 0 atom stereocenters. The van der Waals surface area contributed by atoms with Crippen LogP contribution >= 0.6 is 0 Å². The first kappa shape index (κ1) is 19.9. The van der Waals surface area contributed by atoms with Crippen LogP contribution < -0.4 is 10.6 Å². The van der Waals surface area contributed by atoms with Crippen molar-refractivity contribution in [3.63, 3.8) is 0 Å². The molecule has 0 saturated heterocycles. The lowest BCUT2D eigenvalue weighted by molar-refractivity contribution is 0.102. The fraction of sp³-hybridized carbons (Fsp3) is 0.115. The number of nitrogens with one attached hydrogen (secondary N) is 3. The molecule has 0 spiro atoms. The predicted molar refractivity (Wildman–Crippen MR) is 129 cm³/mol. The van der Waals surface area contributed by atoms with Gasteiger partial charge in [-0.25, -0.2) is 0 Å². The molecular formula is C26H23N5O. The Morgan fingerprint density at radius 2 is 1.88 bits per heavy atom. The summed E-state index contributed by atoms with van der Waals surface area (Å²) in [6.45, 7) is 3.72. The summed E-state index contributed by atoms with van der Waals surface area (Å²) >= 11 is 0. The number of amides is 1. The van der Waals surface area contributed by atoms with E-state index in [4.69, 9.17) is 0 Å². The van der Waals surface area contributed by atoms with E-state index in [0.717, 1.165) is 57.1 Å². The van der Waals surface area contributed by atoms with Crippen LogP contribution in [0.4, 0.5) is 5.69 Å². The molecule has 0 saturated carbocycles. The monoisotopic (exact) mass is 421 g/mol. The van der Waals surface area contributed by atoms with Crippen molar-refractivity contribution in [1.82, 2.24) is 20.5 Å².